The number of pyridine rings is 1. The predicted molar refractivity (Wildman–Crippen MR) is 136 cm³/mol. The molecule has 3 aromatic heterocycles. The van der Waals surface area contributed by atoms with Gasteiger partial charge in [0.15, 0.2) is 11.5 Å². The third-order valence-corrected chi connectivity index (χ3v) is 7.34. The summed E-state index contributed by atoms with van der Waals surface area (Å²) in [5.41, 5.74) is 1.59. The molecule has 1 amide bonds. The van der Waals surface area contributed by atoms with Gasteiger partial charge in [-0.05, 0) is 24.6 Å². The first-order chi connectivity index (χ1) is 18.3. The number of nitrogens with zero attached hydrogens (tertiary/aromatic N) is 4. The first kappa shape index (κ1) is 26.4. The van der Waals surface area contributed by atoms with Gasteiger partial charge in [-0.2, -0.15) is 5.10 Å². The van der Waals surface area contributed by atoms with E-state index in [0.29, 0.717) is 11.1 Å². The second-order valence-corrected chi connectivity index (χ2v) is 11.0. The number of carbonyl (C=O) groups is 1. The van der Waals surface area contributed by atoms with E-state index in [1.807, 2.05) is 0 Å². The molecule has 4 aromatic rings. The number of amides is 1. The van der Waals surface area contributed by atoms with Crippen LogP contribution in [0.2, 0.25) is 0 Å². The molecule has 1 aliphatic carbocycles. The molecule has 1 saturated carbocycles. The number of nitrogens with one attached hydrogen (secondary N) is 4. The largest absolute Gasteiger partial charge is 0.352 e. The number of rotatable bonds is 9. The van der Waals surface area contributed by atoms with Crippen molar-refractivity contribution in [2.24, 2.45) is 13.0 Å². The number of alkyl halides is 4. The summed E-state index contributed by atoms with van der Waals surface area (Å²) >= 11 is 0. The molecule has 0 aliphatic heterocycles. The van der Waals surface area contributed by atoms with Gasteiger partial charge in [0.1, 0.15) is 17.3 Å². The van der Waals surface area contributed by atoms with Crippen LogP contribution < -0.4 is 15.4 Å². The minimum atomic E-state index is -3.74. The molecule has 4 N–H and O–H groups in total. The Morgan fingerprint density at radius 1 is 1.18 bits per heavy atom. The van der Waals surface area contributed by atoms with Gasteiger partial charge in [0.05, 0.1) is 29.0 Å². The van der Waals surface area contributed by atoms with E-state index in [-0.39, 0.29) is 39.8 Å². The Kier molecular flexibility index (Phi) is 6.44. The average molecular weight is 567 g/mol. The molecule has 11 nitrogen and oxygen atoms in total. The summed E-state index contributed by atoms with van der Waals surface area (Å²) in [6, 6.07) is 6.06. The molecule has 39 heavy (non-hydrogen) atoms. The fraction of sp³-hybridized carbons (Fsp3) is 0.304. The zero-order chi connectivity index (χ0) is 28.1. The van der Waals surface area contributed by atoms with Gasteiger partial charge in [0.25, 0.3) is 12.3 Å². The van der Waals surface area contributed by atoms with Gasteiger partial charge in [0, 0.05) is 31.3 Å². The number of halogens is 4. The lowest BCUT2D eigenvalue weighted by Crippen LogP contribution is -2.18. The van der Waals surface area contributed by atoms with Crippen LogP contribution in [0.5, 0.6) is 0 Å². The highest BCUT2D eigenvalue weighted by Gasteiger charge is 2.61. The Hall–Kier alpha value is -4.21. The van der Waals surface area contributed by atoms with Gasteiger partial charge in [-0.25, -0.2) is 35.9 Å². The Morgan fingerprint density at radius 2 is 1.92 bits per heavy atom. The molecular formula is C23H22F4N8O3S. The van der Waals surface area contributed by atoms with Gasteiger partial charge in [0.2, 0.25) is 15.9 Å². The molecule has 0 bridgehead atoms. The number of fused-ring (bicyclic) bond motifs is 1. The molecule has 0 saturated heterocycles. The van der Waals surface area contributed by atoms with Crippen LogP contribution in [0.25, 0.3) is 22.3 Å². The summed E-state index contributed by atoms with van der Waals surface area (Å²) in [5, 5.41) is 9.36. The van der Waals surface area contributed by atoms with E-state index < -0.39 is 46.4 Å². The zero-order valence-corrected chi connectivity index (χ0v) is 21.3. The summed E-state index contributed by atoms with van der Waals surface area (Å²) in [7, 11) is -2.01. The second-order valence-electron chi connectivity index (χ2n) is 8.98. The van der Waals surface area contributed by atoms with Gasteiger partial charge in [-0.1, -0.05) is 6.07 Å². The third kappa shape index (κ3) is 5.50. The molecule has 5 rings (SSSR count). The number of hydrogen-bond acceptors (Lipinski definition) is 7. The molecule has 3 heterocycles. The number of imidazole rings is 1. The number of hydrogen-bond donors (Lipinski definition) is 4. The van der Waals surface area contributed by atoms with Crippen molar-refractivity contribution in [1.29, 1.82) is 0 Å². The molecule has 1 fully saturated rings. The summed E-state index contributed by atoms with van der Waals surface area (Å²) in [4.78, 5) is 22.5. The average Bonchev–Trinajstić information content (AvgIpc) is 3.18. The van der Waals surface area contributed by atoms with E-state index in [0.717, 1.165) is 0 Å². The number of anilines is 4. The molecule has 1 aliphatic rings. The number of benzene rings is 1. The second kappa shape index (κ2) is 9.52. The Morgan fingerprint density at radius 3 is 2.54 bits per heavy atom. The lowest BCUT2D eigenvalue weighted by molar-refractivity contribution is -0.119. The SMILES string of the molecule is CCS(=O)(=O)Nc1cc(-c2cnn(C)c2)ccc1Nc1cc(NC(=O)C2CC2(F)F)nc2[nH]c(C(F)F)nc12. The van der Waals surface area contributed by atoms with Crippen LogP contribution in [-0.4, -0.2) is 50.7 Å². The zero-order valence-electron chi connectivity index (χ0n) is 20.5. The first-order valence-corrected chi connectivity index (χ1v) is 13.3. The van der Waals surface area contributed by atoms with Crippen molar-refractivity contribution < 1.29 is 30.8 Å². The smallest absolute Gasteiger partial charge is 0.295 e. The van der Waals surface area contributed by atoms with E-state index in [1.54, 1.807) is 42.3 Å². The van der Waals surface area contributed by atoms with E-state index in [2.05, 4.69) is 35.4 Å². The Balaban J connectivity index is 1.56. The van der Waals surface area contributed by atoms with Crippen LogP contribution in [0, 0.1) is 5.92 Å². The van der Waals surface area contributed by atoms with Crippen LogP contribution in [0.4, 0.5) is 40.4 Å². The topological polar surface area (TPSA) is 147 Å². The van der Waals surface area contributed by atoms with Gasteiger partial charge in [-0.15, -0.1) is 0 Å². The predicted octanol–water partition coefficient (Wildman–Crippen LogP) is 4.39. The highest BCUT2D eigenvalue weighted by molar-refractivity contribution is 7.92. The van der Waals surface area contributed by atoms with Crippen molar-refractivity contribution in [1.82, 2.24) is 24.7 Å². The van der Waals surface area contributed by atoms with E-state index in [1.165, 1.54) is 13.0 Å². The van der Waals surface area contributed by atoms with Crippen LogP contribution >= 0.6 is 0 Å². The monoisotopic (exact) mass is 566 g/mol. The quantitative estimate of drug-likeness (QED) is 0.220. The third-order valence-electron chi connectivity index (χ3n) is 6.04. The van der Waals surface area contributed by atoms with E-state index in [4.69, 9.17) is 0 Å². The molecular weight excluding hydrogens is 544 g/mol. The van der Waals surface area contributed by atoms with Crippen molar-refractivity contribution in [3.8, 4) is 11.1 Å². The number of carbonyl (C=O) groups excluding carboxylic acids is 1. The van der Waals surface area contributed by atoms with Gasteiger partial charge >= 0.3 is 0 Å². The van der Waals surface area contributed by atoms with E-state index in [9.17, 15) is 30.8 Å². The maximum absolute atomic E-state index is 13.4. The molecule has 1 unspecified atom stereocenters. The lowest BCUT2D eigenvalue weighted by atomic mass is 10.1. The summed E-state index contributed by atoms with van der Waals surface area (Å²) in [5.74, 6) is -6.71. The normalized spacial score (nSPS) is 16.4. The van der Waals surface area contributed by atoms with Gasteiger partial charge in [-0.3, -0.25) is 14.2 Å². The van der Waals surface area contributed by atoms with Crippen LogP contribution in [-0.2, 0) is 21.9 Å². The van der Waals surface area contributed by atoms with Crippen LogP contribution in [0.3, 0.4) is 0 Å². The standard InChI is InChI=1S/C23H22F4N8O3S/c1-3-39(37,38)34-15-6-11(12-9-28-35(2)10-12)4-5-14(15)29-16-7-17(31-22(36)13-8-23(13,26)27)30-20-18(16)32-21(33-20)19(24)25/h4-7,9-10,13,19,34H,3,8H2,1-2H3,(H3,29,30,31,32,33,36). The fourth-order valence-electron chi connectivity index (χ4n) is 3.85. The molecule has 0 radical (unpaired) electrons. The molecule has 16 heteroatoms. The molecule has 1 atom stereocenters. The summed E-state index contributed by atoms with van der Waals surface area (Å²) in [6.07, 6.45) is -0.237. The van der Waals surface area contributed by atoms with Crippen LogP contribution in [0.1, 0.15) is 25.6 Å². The number of aromatic nitrogens is 5. The number of sulfonamides is 1. The minimum absolute atomic E-state index is 0.0410. The Labute approximate surface area is 219 Å². The van der Waals surface area contributed by atoms with E-state index >= 15 is 0 Å². The van der Waals surface area contributed by atoms with Crippen molar-refractivity contribution in [3.05, 3.63) is 42.5 Å². The first-order valence-electron chi connectivity index (χ1n) is 11.6. The van der Waals surface area contributed by atoms with Gasteiger partial charge < -0.3 is 15.6 Å². The van der Waals surface area contributed by atoms with Crippen molar-refractivity contribution in [3.63, 3.8) is 0 Å². The summed E-state index contributed by atoms with van der Waals surface area (Å²) in [6.45, 7) is 1.46. The van der Waals surface area contributed by atoms with Crippen molar-refractivity contribution >= 4 is 50.0 Å². The minimum Gasteiger partial charge on any atom is -0.352 e. The lowest BCUT2D eigenvalue weighted by Gasteiger charge is -2.16. The molecule has 1 aromatic carbocycles. The van der Waals surface area contributed by atoms with Crippen LogP contribution in [0.15, 0.2) is 36.7 Å². The van der Waals surface area contributed by atoms with Crippen molar-refractivity contribution in [2.45, 2.75) is 25.7 Å². The number of aromatic amines is 1. The molecule has 206 valence electrons. The highest BCUT2D eigenvalue weighted by Crippen LogP contribution is 2.49. The Bertz CT molecular complexity index is 1690. The fourth-order valence-corrected chi connectivity index (χ4v) is 4.50. The number of aryl methyl sites for hydroxylation is 1. The van der Waals surface area contributed by atoms with Crippen molar-refractivity contribution in [2.75, 3.05) is 21.1 Å². The number of H-pyrrole nitrogens is 1. The maximum Gasteiger partial charge on any atom is 0.295 e. The highest BCUT2D eigenvalue weighted by atomic mass is 32.2. The molecule has 0 spiro atoms. The maximum atomic E-state index is 13.4. The summed E-state index contributed by atoms with van der Waals surface area (Å²) < 4.78 is 82.5.